The summed E-state index contributed by atoms with van der Waals surface area (Å²) in [5, 5.41) is 0. The van der Waals surface area contributed by atoms with E-state index in [0.717, 1.165) is 22.3 Å². The SMILES string of the molecule is O=c1n(-c2ccccc2)c(=O)n2cc(-c3ccccc3)c(-c3ccccc3)c2n1-c1ccccc1. The maximum atomic E-state index is 14.0. The summed E-state index contributed by atoms with van der Waals surface area (Å²) in [7, 11) is 0. The summed E-state index contributed by atoms with van der Waals surface area (Å²) in [5.74, 6) is 0. The summed E-state index contributed by atoms with van der Waals surface area (Å²) in [6, 6.07) is 38.3. The van der Waals surface area contributed by atoms with Crippen LogP contribution in [0.5, 0.6) is 0 Å². The van der Waals surface area contributed by atoms with E-state index in [1.165, 1.54) is 4.57 Å². The second kappa shape index (κ2) is 8.47. The molecule has 4 aromatic carbocycles. The molecule has 5 heteroatoms. The first-order valence-electron chi connectivity index (χ1n) is 11.4. The average molecular weight is 456 g/mol. The number of fused-ring (bicyclic) bond motifs is 1. The van der Waals surface area contributed by atoms with Gasteiger partial charge in [0, 0.05) is 17.3 Å². The summed E-state index contributed by atoms with van der Waals surface area (Å²) in [4.78, 5) is 27.9. The zero-order chi connectivity index (χ0) is 23.8. The van der Waals surface area contributed by atoms with Crippen molar-refractivity contribution in [3.05, 3.63) is 148 Å². The zero-order valence-corrected chi connectivity index (χ0v) is 18.8. The molecular formula is C30H21N3O2. The summed E-state index contributed by atoms with van der Waals surface area (Å²) in [6.07, 6.45) is 1.84. The molecule has 0 saturated carbocycles. The summed E-state index contributed by atoms with van der Waals surface area (Å²) in [5.41, 5.74) is 4.50. The van der Waals surface area contributed by atoms with E-state index in [4.69, 9.17) is 0 Å². The highest BCUT2D eigenvalue weighted by Crippen LogP contribution is 2.36. The molecule has 5 nitrogen and oxygen atoms in total. The smallest absolute Gasteiger partial charge is 0.252 e. The van der Waals surface area contributed by atoms with Crippen LogP contribution >= 0.6 is 0 Å². The van der Waals surface area contributed by atoms with Crippen molar-refractivity contribution < 1.29 is 0 Å². The predicted molar refractivity (Wildman–Crippen MR) is 139 cm³/mol. The molecule has 168 valence electrons. The van der Waals surface area contributed by atoms with E-state index >= 15 is 0 Å². The fraction of sp³-hybridized carbons (Fsp3) is 0. The summed E-state index contributed by atoms with van der Waals surface area (Å²) >= 11 is 0. The van der Waals surface area contributed by atoms with Gasteiger partial charge in [-0.05, 0) is 35.4 Å². The van der Waals surface area contributed by atoms with E-state index in [1.807, 2.05) is 115 Å². The lowest BCUT2D eigenvalue weighted by molar-refractivity contribution is 0.751. The fourth-order valence-electron chi connectivity index (χ4n) is 4.57. The lowest BCUT2D eigenvalue weighted by Gasteiger charge is -2.15. The van der Waals surface area contributed by atoms with Crippen LogP contribution in [-0.2, 0) is 0 Å². The van der Waals surface area contributed by atoms with Gasteiger partial charge in [-0.25, -0.2) is 18.7 Å². The number of nitrogens with zero attached hydrogens (tertiary/aromatic N) is 3. The first-order valence-corrected chi connectivity index (χ1v) is 11.4. The second-order valence-corrected chi connectivity index (χ2v) is 8.25. The minimum Gasteiger partial charge on any atom is -0.252 e. The van der Waals surface area contributed by atoms with E-state index < -0.39 is 11.4 Å². The number of para-hydroxylation sites is 2. The van der Waals surface area contributed by atoms with E-state index in [0.29, 0.717) is 17.0 Å². The van der Waals surface area contributed by atoms with Crippen molar-refractivity contribution in [1.82, 2.24) is 13.5 Å². The van der Waals surface area contributed by atoms with Crippen LogP contribution in [0.3, 0.4) is 0 Å². The normalized spacial score (nSPS) is 11.1. The van der Waals surface area contributed by atoms with Crippen molar-refractivity contribution >= 4 is 5.65 Å². The third-order valence-electron chi connectivity index (χ3n) is 6.15. The molecule has 0 amide bonds. The monoisotopic (exact) mass is 455 g/mol. The van der Waals surface area contributed by atoms with Crippen molar-refractivity contribution in [3.8, 4) is 33.6 Å². The van der Waals surface area contributed by atoms with Gasteiger partial charge in [0.15, 0.2) is 0 Å². The molecule has 0 bridgehead atoms. The molecule has 0 spiro atoms. The molecule has 0 atom stereocenters. The van der Waals surface area contributed by atoms with Gasteiger partial charge >= 0.3 is 11.4 Å². The van der Waals surface area contributed by atoms with Crippen LogP contribution in [-0.4, -0.2) is 13.5 Å². The minimum atomic E-state index is -0.421. The lowest BCUT2D eigenvalue weighted by atomic mass is 9.98. The van der Waals surface area contributed by atoms with E-state index in [1.54, 1.807) is 21.1 Å². The van der Waals surface area contributed by atoms with Crippen LogP contribution in [0.25, 0.3) is 39.3 Å². The van der Waals surface area contributed by atoms with Crippen LogP contribution < -0.4 is 11.4 Å². The van der Waals surface area contributed by atoms with Crippen LogP contribution in [0.1, 0.15) is 0 Å². The Morgan fingerprint density at radius 2 is 0.914 bits per heavy atom. The second-order valence-electron chi connectivity index (χ2n) is 8.25. The van der Waals surface area contributed by atoms with Gasteiger partial charge in [-0.2, -0.15) is 0 Å². The average Bonchev–Trinajstić information content (AvgIpc) is 3.32. The van der Waals surface area contributed by atoms with Gasteiger partial charge in [-0.1, -0.05) is 97.1 Å². The molecule has 6 aromatic rings. The molecule has 0 unspecified atom stereocenters. The molecule has 0 radical (unpaired) electrons. The number of hydrogen-bond acceptors (Lipinski definition) is 2. The van der Waals surface area contributed by atoms with Crippen LogP contribution in [0.4, 0.5) is 0 Å². The number of aromatic nitrogens is 3. The van der Waals surface area contributed by atoms with Gasteiger partial charge in [0.05, 0.1) is 11.4 Å². The van der Waals surface area contributed by atoms with Gasteiger partial charge in [-0.15, -0.1) is 0 Å². The standard InChI is InChI=1S/C30H21N3O2/c34-29-31-21-26(22-13-5-1-6-14-22)27(23-15-7-2-8-16-23)28(31)32(24-17-9-3-10-18-24)30(35)33(29)25-19-11-4-12-20-25/h1-21H. The minimum absolute atomic E-state index is 0.414. The Balaban J connectivity index is 1.85. The van der Waals surface area contributed by atoms with Crippen molar-refractivity contribution in [2.75, 3.05) is 0 Å². The topological polar surface area (TPSA) is 48.4 Å². The molecule has 35 heavy (non-hydrogen) atoms. The predicted octanol–water partition coefficient (Wildman–Crippen LogP) is 5.58. The molecule has 6 rings (SSSR count). The Bertz CT molecular complexity index is 1750. The molecule has 0 fully saturated rings. The van der Waals surface area contributed by atoms with Crippen molar-refractivity contribution in [1.29, 1.82) is 0 Å². The van der Waals surface area contributed by atoms with E-state index in [2.05, 4.69) is 0 Å². The molecule has 0 aliphatic rings. The summed E-state index contributed by atoms with van der Waals surface area (Å²) < 4.78 is 4.44. The van der Waals surface area contributed by atoms with Gasteiger partial charge in [-0.3, -0.25) is 4.40 Å². The molecule has 2 aromatic heterocycles. The maximum absolute atomic E-state index is 14.0. The number of benzene rings is 4. The Kier molecular flexibility index (Phi) is 5.00. The van der Waals surface area contributed by atoms with Crippen molar-refractivity contribution in [3.63, 3.8) is 0 Å². The van der Waals surface area contributed by atoms with Gasteiger partial charge in [0.2, 0.25) is 0 Å². The summed E-state index contributed by atoms with van der Waals surface area (Å²) in [6.45, 7) is 0. The van der Waals surface area contributed by atoms with Crippen LogP contribution in [0.2, 0.25) is 0 Å². The Morgan fingerprint density at radius 3 is 1.46 bits per heavy atom. The van der Waals surface area contributed by atoms with Gasteiger partial charge in [0.25, 0.3) is 0 Å². The third kappa shape index (κ3) is 3.42. The Labute approximate surface area is 201 Å². The Morgan fingerprint density at radius 1 is 0.457 bits per heavy atom. The van der Waals surface area contributed by atoms with Crippen LogP contribution in [0.15, 0.2) is 137 Å². The van der Waals surface area contributed by atoms with Gasteiger partial charge < -0.3 is 0 Å². The third-order valence-corrected chi connectivity index (χ3v) is 6.15. The van der Waals surface area contributed by atoms with Gasteiger partial charge in [0.1, 0.15) is 5.65 Å². The quantitative estimate of drug-likeness (QED) is 0.349. The van der Waals surface area contributed by atoms with E-state index in [-0.39, 0.29) is 0 Å². The maximum Gasteiger partial charge on any atom is 0.343 e. The highest BCUT2D eigenvalue weighted by Gasteiger charge is 2.23. The largest absolute Gasteiger partial charge is 0.343 e. The molecule has 0 saturated heterocycles. The van der Waals surface area contributed by atoms with Crippen molar-refractivity contribution in [2.45, 2.75) is 0 Å². The van der Waals surface area contributed by atoms with E-state index in [9.17, 15) is 9.59 Å². The van der Waals surface area contributed by atoms with Crippen LogP contribution in [0, 0.1) is 0 Å². The first kappa shape index (κ1) is 20.7. The zero-order valence-electron chi connectivity index (χ0n) is 18.8. The first-order chi connectivity index (χ1) is 17.2. The molecule has 0 aliphatic heterocycles. The molecule has 0 aliphatic carbocycles. The number of hydrogen-bond donors (Lipinski definition) is 0. The highest BCUT2D eigenvalue weighted by molar-refractivity contribution is 5.93. The highest BCUT2D eigenvalue weighted by atomic mass is 16.2. The van der Waals surface area contributed by atoms with Crippen molar-refractivity contribution in [2.24, 2.45) is 0 Å². The molecular weight excluding hydrogens is 434 g/mol. The fourth-order valence-corrected chi connectivity index (χ4v) is 4.57. The molecule has 0 N–H and O–H groups in total. The number of rotatable bonds is 4. The molecule has 2 heterocycles. The lowest BCUT2D eigenvalue weighted by Crippen LogP contribution is -2.41. The Hall–Kier alpha value is -4.90.